The van der Waals surface area contributed by atoms with Crippen molar-refractivity contribution in [1.29, 1.82) is 0 Å². The van der Waals surface area contributed by atoms with Crippen LogP contribution in [-0.4, -0.2) is 10.9 Å². The Bertz CT molecular complexity index is 613. The normalized spacial score (nSPS) is 10.6. The molecule has 0 bridgehead atoms. The largest absolute Gasteiger partial charge is 0.302 e. The second kappa shape index (κ2) is 6.56. The van der Waals surface area contributed by atoms with Crippen LogP contribution >= 0.6 is 11.3 Å². The van der Waals surface area contributed by atoms with Crippen molar-refractivity contribution in [3.63, 3.8) is 0 Å². The monoisotopic (exact) mass is 296 g/mol. The summed E-state index contributed by atoms with van der Waals surface area (Å²) in [6.45, 7) is 2.01. The maximum Gasteiger partial charge on any atom is 0.226 e. The lowest BCUT2D eigenvalue weighted by atomic mass is 10.1. The molecule has 1 heterocycles. The minimum Gasteiger partial charge on any atom is -0.302 e. The van der Waals surface area contributed by atoms with E-state index in [0.29, 0.717) is 17.2 Å². The first kappa shape index (κ1) is 14.6. The van der Waals surface area contributed by atoms with Crippen LogP contribution in [0, 0.1) is 11.6 Å². The molecule has 1 aromatic heterocycles. The van der Waals surface area contributed by atoms with E-state index in [4.69, 9.17) is 0 Å². The summed E-state index contributed by atoms with van der Waals surface area (Å²) >= 11 is 1.22. The molecule has 0 radical (unpaired) electrons. The zero-order valence-corrected chi connectivity index (χ0v) is 11.8. The highest BCUT2D eigenvalue weighted by molar-refractivity contribution is 7.14. The molecule has 0 saturated heterocycles. The predicted molar refractivity (Wildman–Crippen MR) is 75.6 cm³/mol. The van der Waals surface area contributed by atoms with Crippen LogP contribution in [0.25, 0.3) is 11.3 Å². The molecular weight excluding hydrogens is 282 g/mol. The van der Waals surface area contributed by atoms with Gasteiger partial charge in [-0.15, -0.1) is 11.3 Å². The Balaban J connectivity index is 2.10. The van der Waals surface area contributed by atoms with Crippen molar-refractivity contribution in [2.45, 2.75) is 26.2 Å². The molecule has 6 heteroatoms. The molecule has 0 fully saturated rings. The number of nitrogens with one attached hydrogen (secondary N) is 1. The zero-order valence-electron chi connectivity index (χ0n) is 11.0. The molecule has 1 amide bonds. The fourth-order valence-electron chi connectivity index (χ4n) is 1.67. The topological polar surface area (TPSA) is 42.0 Å². The first-order valence-corrected chi connectivity index (χ1v) is 7.19. The number of hydrogen-bond acceptors (Lipinski definition) is 3. The Labute approximate surface area is 119 Å². The molecule has 106 valence electrons. The number of halogens is 2. The number of carbonyl (C=O) groups is 1. The van der Waals surface area contributed by atoms with Gasteiger partial charge in [0.05, 0.1) is 5.69 Å². The Morgan fingerprint density at radius 2 is 2.20 bits per heavy atom. The molecule has 1 N–H and O–H groups in total. The summed E-state index contributed by atoms with van der Waals surface area (Å²) in [5, 5.41) is 4.72. The number of unbranched alkanes of at least 4 members (excludes halogenated alkanes) is 1. The van der Waals surface area contributed by atoms with E-state index in [0.717, 1.165) is 18.9 Å². The number of amides is 1. The Morgan fingerprint density at radius 3 is 2.90 bits per heavy atom. The minimum atomic E-state index is -0.667. The van der Waals surface area contributed by atoms with Gasteiger partial charge in [0, 0.05) is 23.4 Å². The second-order valence-corrected chi connectivity index (χ2v) is 5.17. The minimum absolute atomic E-state index is 0.104. The first-order valence-electron chi connectivity index (χ1n) is 6.31. The molecule has 0 aliphatic carbocycles. The third kappa shape index (κ3) is 3.60. The summed E-state index contributed by atoms with van der Waals surface area (Å²) in [6.07, 6.45) is 2.20. The van der Waals surface area contributed by atoms with Crippen molar-refractivity contribution in [3.05, 3.63) is 35.2 Å². The molecule has 0 atom stereocenters. The summed E-state index contributed by atoms with van der Waals surface area (Å²) < 4.78 is 26.5. The van der Waals surface area contributed by atoms with Gasteiger partial charge in [0.15, 0.2) is 5.13 Å². The van der Waals surface area contributed by atoms with Crippen LogP contribution in [0.15, 0.2) is 23.6 Å². The molecule has 20 heavy (non-hydrogen) atoms. The lowest BCUT2D eigenvalue weighted by Crippen LogP contribution is -2.10. The number of carbonyl (C=O) groups excluding carboxylic acids is 1. The van der Waals surface area contributed by atoms with Crippen molar-refractivity contribution in [3.8, 4) is 11.3 Å². The third-order valence-electron chi connectivity index (χ3n) is 2.72. The van der Waals surface area contributed by atoms with E-state index >= 15 is 0 Å². The molecule has 0 spiro atoms. The second-order valence-electron chi connectivity index (χ2n) is 4.31. The smallest absolute Gasteiger partial charge is 0.226 e. The number of anilines is 1. The fraction of sp³-hybridized carbons (Fsp3) is 0.286. The summed E-state index contributed by atoms with van der Waals surface area (Å²) in [4.78, 5) is 15.7. The molecule has 2 aromatic rings. The van der Waals surface area contributed by atoms with Crippen molar-refractivity contribution in [2.24, 2.45) is 0 Å². The third-order valence-corrected chi connectivity index (χ3v) is 3.47. The lowest BCUT2D eigenvalue weighted by Gasteiger charge is -2.01. The number of rotatable bonds is 5. The Morgan fingerprint density at radius 1 is 1.40 bits per heavy atom. The quantitative estimate of drug-likeness (QED) is 0.897. The molecule has 1 aromatic carbocycles. The Hall–Kier alpha value is -1.82. The molecular formula is C14H14F2N2OS. The number of hydrogen-bond donors (Lipinski definition) is 1. The van der Waals surface area contributed by atoms with Crippen LogP contribution in [0.5, 0.6) is 0 Å². The number of aromatic nitrogens is 1. The average Bonchev–Trinajstić information content (AvgIpc) is 2.84. The SMILES string of the molecule is CCCCC(=O)Nc1nc(-c2ccc(F)cc2F)cs1. The molecule has 3 nitrogen and oxygen atoms in total. The van der Waals surface area contributed by atoms with Crippen LogP contribution in [0.1, 0.15) is 26.2 Å². The first-order chi connectivity index (χ1) is 9.60. The number of benzene rings is 1. The van der Waals surface area contributed by atoms with Gasteiger partial charge < -0.3 is 5.32 Å². The molecule has 0 aliphatic heterocycles. The van der Waals surface area contributed by atoms with Crippen molar-refractivity contribution in [2.75, 3.05) is 5.32 Å². The number of nitrogens with zero attached hydrogens (tertiary/aromatic N) is 1. The van der Waals surface area contributed by atoms with Crippen molar-refractivity contribution in [1.82, 2.24) is 4.98 Å². The molecule has 0 saturated carbocycles. The van der Waals surface area contributed by atoms with Gasteiger partial charge in [-0.3, -0.25) is 4.79 Å². The van der Waals surface area contributed by atoms with Gasteiger partial charge in [-0.1, -0.05) is 13.3 Å². The van der Waals surface area contributed by atoms with E-state index in [1.165, 1.54) is 23.5 Å². The zero-order chi connectivity index (χ0) is 14.5. The lowest BCUT2D eigenvalue weighted by molar-refractivity contribution is -0.116. The Kier molecular flexibility index (Phi) is 4.79. The van der Waals surface area contributed by atoms with Crippen LogP contribution in [-0.2, 0) is 4.79 Å². The van der Waals surface area contributed by atoms with E-state index in [9.17, 15) is 13.6 Å². The van der Waals surface area contributed by atoms with Crippen LogP contribution in [0.4, 0.5) is 13.9 Å². The highest BCUT2D eigenvalue weighted by atomic mass is 32.1. The van der Waals surface area contributed by atoms with Gasteiger partial charge in [0.2, 0.25) is 5.91 Å². The van der Waals surface area contributed by atoms with Gasteiger partial charge in [-0.25, -0.2) is 13.8 Å². The van der Waals surface area contributed by atoms with Gasteiger partial charge in [0.1, 0.15) is 11.6 Å². The maximum absolute atomic E-state index is 13.6. The van der Waals surface area contributed by atoms with E-state index in [1.54, 1.807) is 5.38 Å². The van der Waals surface area contributed by atoms with E-state index in [1.807, 2.05) is 6.92 Å². The standard InChI is InChI=1S/C14H14F2N2OS/c1-2-3-4-13(19)18-14-17-12(8-20-14)10-6-5-9(15)7-11(10)16/h5-8H,2-4H2,1H3,(H,17,18,19). The molecule has 0 aliphatic rings. The van der Waals surface area contributed by atoms with Crippen LogP contribution in [0.2, 0.25) is 0 Å². The summed E-state index contributed by atoms with van der Waals surface area (Å²) in [5.41, 5.74) is 0.606. The predicted octanol–water partition coefficient (Wildman–Crippen LogP) is 4.22. The fourth-order valence-corrected chi connectivity index (χ4v) is 2.40. The molecule has 0 unspecified atom stereocenters. The van der Waals surface area contributed by atoms with Crippen molar-refractivity contribution < 1.29 is 13.6 Å². The van der Waals surface area contributed by atoms with E-state index < -0.39 is 11.6 Å². The summed E-state index contributed by atoms with van der Waals surface area (Å²) in [6, 6.07) is 3.33. The van der Waals surface area contributed by atoms with Crippen molar-refractivity contribution >= 4 is 22.4 Å². The van der Waals surface area contributed by atoms with Gasteiger partial charge in [-0.2, -0.15) is 0 Å². The van der Waals surface area contributed by atoms with Gasteiger partial charge in [0.25, 0.3) is 0 Å². The highest BCUT2D eigenvalue weighted by Gasteiger charge is 2.11. The highest BCUT2D eigenvalue weighted by Crippen LogP contribution is 2.27. The van der Waals surface area contributed by atoms with Crippen LogP contribution < -0.4 is 5.32 Å². The van der Waals surface area contributed by atoms with Crippen LogP contribution in [0.3, 0.4) is 0 Å². The van der Waals surface area contributed by atoms with Gasteiger partial charge in [-0.05, 0) is 18.6 Å². The number of thiazole rings is 1. The van der Waals surface area contributed by atoms with Gasteiger partial charge >= 0.3 is 0 Å². The van der Waals surface area contributed by atoms with E-state index in [2.05, 4.69) is 10.3 Å². The summed E-state index contributed by atoms with van der Waals surface area (Å²) in [5.74, 6) is -1.40. The average molecular weight is 296 g/mol. The summed E-state index contributed by atoms with van der Waals surface area (Å²) in [7, 11) is 0. The molecule has 2 rings (SSSR count). The van der Waals surface area contributed by atoms with E-state index in [-0.39, 0.29) is 11.5 Å². The maximum atomic E-state index is 13.6.